The van der Waals surface area contributed by atoms with Crippen molar-refractivity contribution in [2.45, 2.75) is 64.6 Å². The Kier molecular flexibility index (Phi) is 8.71. The van der Waals surface area contributed by atoms with Crippen molar-refractivity contribution in [2.75, 3.05) is 6.61 Å². The first-order chi connectivity index (χ1) is 15.7. The smallest absolute Gasteiger partial charge is 0.341 e. The van der Waals surface area contributed by atoms with Gasteiger partial charge >= 0.3 is 5.97 Å². The minimum absolute atomic E-state index is 0.00110. The van der Waals surface area contributed by atoms with Crippen LogP contribution in [0.25, 0.3) is 0 Å². The topological polar surface area (TPSA) is 55.8 Å². The molecule has 0 amide bonds. The molecule has 0 saturated carbocycles. The number of unbranched alkanes of at least 4 members (excludes halogenated alkanes) is 1. The van der Waals surface area contributed by atoms with Crippen molar-refractivity contribution >= 4 is 21.9 Å². The Hall–Kier alpha value is -2.18. The highest BCUT2D eigenvalue weighted by Crippen LogP contribution is 2.50. The molecule has 1 aliphatic heterocycles. The van der Waals surface area contributed by atoms with Gasteiger partial charge in [0, 0.05) is 17.4 Å². The van der Waals surface area contributed by atoms with Crippen LogP contribution < -0.4 is 4.74 Å². The van der Waals surface area contributed by atoms with E-state index in [0.717, 1.165) is 47.9 Å². The van der Waals surface area contributed by atoms with Crippen molar-refractivity contribution in [3.63, 3.8) is 0 Å². The van der Waals surface area contributed by atoms with Gasteiger partial charge in [0.05, 0.1) is 16.7 Å². The van der Waals surface area contributed by atoms with E-state index in [2.05, 4.69) is 29.4 Å². The fraction of sp³-hybridized carbons (Fsp3) is 0.444. The van der Waals surface area contributed by atoms with Crippen LogP contribution in [0, 0.1) is 18.7 Å². The summed E-state index contributed by atoms with van der Waals surface area (Å²) in [5, 5.41) is 9.17. The van der Waals surface area contributed by atoms with Gasteiger partial charge in [-0.2, -0.15) is 0 Å². The van der Waals surface area contributed by atoms with Crippen molar-refractivity contribution in [2.24, 2.45) is 5.92 Å². The molecule has 3 rings (SSSR count). The van der Waals surface area contributed by atoms with Crippen molar-refractivity contribution in [3.05, 3.63) is 75.5 Å². The zero-order chi connectivity index (χ0) is 24.1. The third-order valence-corrected chi connectivity index (χ3v) is 6.87. The molecule has 4 atom stereocenters. The van der Waals surface area contributed by atoms with Gasteiger partial charge < -0.3 is 14.6 Å². The van der Waals surface area contributed by atoms with E-state index < -0.39 is 12.6 Å². The molecule has 0 spiro atoms. The summed E-state index contributed by atoms with van der Waals surface area (Å²) in [4.78, 5) is 11.2. The second-order valence-corrected chi connectivity index (χ2v) is 9.79. The van der Waals surface area contributed by atoms with Crippen molar-refractivity contribution in [1.29, 1.82) is 0 Å². The normalized spacial score (nSPS) is 22.7. The summed E-state index contributed by atoms with van der Waals surface area (Å²) in [5.41, 5.74) is 3.91. The summed E-state index contributed by atoms with van der Waals surface area (Å²) in [5.74, 6) is -0.675. The van der Waals surface area contributed by atoms with E-state index in [1.54, 1.807) is 0 Å². The van der Waals surface area contributed by atoms with E-state index in [1.165, 1.54) is 12.1 Å². The van der Waals surface area contributed by atoms with Gasteiger partial charge in [-0.3, -0.25) is 0 Å². The number of ether oxygens (including phenoxy) is 2. The molecule has 0 aliphatic carbocycles. The van der Waals surface area contributed by atoms with Gasteiger partial charge in [0.15, 0.2) is 6.61 Å². The Morgan fingerprint density at radius 2 is 2.00 bits per heavy atom. The Bertz CT molecular complexity index is 988. The molecule has 0 radical (unpaired) electrons. The molecule has 0 unspecified atom stereocenters. The number of hydrogen-bond donors (Lipinski definition) is 1. The van der Waals surface area contributed by atoms with Gasteiger partial charge in [0.25, 0.3) is 0 Å². The number of carbonyl (C=O) groups is 1. The minimum Gasteiger partial charge on any atom is -0.480 e. The fourth-order valence-electron chi connectivity index (χ4n) is 4.67. The molecule has 0 bridgehead atoms. The molecule has 6 heteroatoms. The highest BCUT2D eigenvalue weighted by molar-refractivity contribution is 9.10. The van der Waals surface area contributed by atoms with E-state index in [-0.39, 0.29) is 29.9 Å². The van der Waals surface area contributed by atoms with E-state index in [9.17, 15) is 9.18 Å². The summed E-state index contributed by atoms with van der Waals surface area (Å²) in [7, 11) is 0. The Labute approximate surface area is 203 Å². The number of aliphatic carboxylic acids is 1. The third-order valence-electron chi connectivity index (χ3n) is 6.28. The highest BCUT2D eigenvalue weighted by Gasteiger charge is 2.41. The first-order valence-corrected chi connectivity index (χ1v) is 12.2. The number of halogens is 2. The first kappa shape index (κ1) is 25.4. The lowest BCUT2D eigenvalue weighted by Gasteiger charge is -2.43. The SMILES string of the molecule is C=C(C)[C@H]1C[C@H](c2ccc(F)cc2)[C@H](CCCC)O[C@@H]1c1cc(C)cc(Br)c1OCC(=O)O. The molecule has 1 aliphatic rings. The van der Waals surface area contributed by atoms with Crippen molar-refractivity contribution < 1.29 is 23.8 Å². The van der Waals surface area contributed by atoms with Crippen LogP contribution in [0.1, 0.15) is 68.2 Å². The van der Waals surface area contributed by atoms with E-state index in [0.29, 0.717) is 10.2 Å². The van der Waals surface area contributed by atoms with Crippen LogP contribution in [0.15, 0.2) is 53.0 Å². The van der Waals surface area contributed by atoms with Gasteiger partial charge in [-0.25, -0.2) is 9.18 Å². The average molecular weight is 519 g/mol. The van der Waals surface area contributed by atoms with E-state index in [1.807, 2.05) is 38.1 Å². The molecule has 4 nitrogen and oxygen atoms in total. The van der Waals surface area contributed by atoms with Crippen LogP contribution in [0.5, 0.6) is 5.75 Å². The Balaban J connectivity index is 2.04. The zero-order valence-corrected chi connectivity index (χ0v) is 21.0. The number of rotatable bonds is 9. The van der Waals surface area contributed by atoms with E-state index in [4.69, 9.17) is 14.6 Å². The fourth-order valence-corrected chi connectivity index (χ4v) is 5.37. The summed E-state index contributed by atoms with van der Waals surface area (Å²) < 4.78 is 26.8. The predicted molar refractivity (Wildman–Crippen MR) is 131 cm³/mol. The van der Waals surface area contributed by atoms with Gasteiger partial charge in [-0.1, -0.05) is 44.1 Å². The minimum atomic E-state index is -1.04. The molecule has 33 heavy (non-hydrogen) atoms. The lowest BCUT2D eigenvalue weighted by molar-refractivity contribution is -0.139. The maximum atomic E-state index is 13.6. The number of benzene rings is 2. The first-order valence-electron chi connectivity index (χ1n) is 11.4. The molecular weight excluding hydrogens is 487 g/mol. The molecule has 178 valence electrons. The maximum Gasteiger partial charge on any atom is 0.341 e. The maximum absolute atomic E-state index is 13.6. The second-order valence-electron chi connectivity index (χ2n) is 8.93. The predicted octanol–water partition coefficient (Wildman–Crippen LogP) is 7.36. The largest absolute Gasteiger partial charge is 0.480 e. The highest BCUT2D eigenvalue weighted by atomic mass is 79.9. The number of carboxylic acid groups (broad SMARTS) is 1. The molecule has 2 aromatic rings. The van der Waals surface area contributed by atoms with Crippen LogP contribution >= 0.6 is 15.9 Å². The van der Waals surface area contributed by atoms with E-state index >= 15 is 0 Å². The molecule has 1 fully saturated rings. The lowest BCUT2D eigenvalue weighted by Crippen LogP contribution is -2.36. The molecule has 1 saturated heterocycles. The molecule has 1 N–H and O–H groups in total. The van der Waals surface area contributed by atoms with Crippen LogP contribution in [-0.2, 0) is 9.53 Å². The van der Waals surface area contributed by atoms with Crippen LogP contribution in [0.4, 0.5) is 4.39 Å². The Morgan fingerprint density at radius 3 is 2.61 bits per heavy atom. The molecule has 2 aromatic carbocycles. The van der Waals surface area contributed by atoms with Crippen molar-refractivity contribution in [1.82, 2.24) is 0 Å². The third kappa shape index (κ3) is 6.24. The quantitative estimate of drug-likeness (QED) is 0.352. The number of aryl methyl sites for hydroxylation is 1. The molecule has 0 aromatic heterocycles. The second kappa shape index (κ2) is 11.3. The Morgan fingerprint density at radius 1 is 1.30 bits per heavy atom. The lowest BCUT2D eigenvalue weighted by atomic mass is 9.74. The molecule has 1 heterocycles. The standard InChI is InChI=1S/C27H32BrFO4/c1-5-6-7-24-21(18-8-10-19(29)11-9-18)14-20(16(2)3)26(33-24)22-12-17(4)13-23(28)27(22)32-15-25(30)31/h8-13,20-21,24,26H,2,5-7,14-15H2,1,3-4H3,(H,30,31)/t20-,21-,24+,26+/m1/s1. The summed E-state index contributed by atoms with van der Waals surface area (Å²) in [6.07, 6.45) is 3.39. The summed E-state index contributed by atoms with van der Waals surface area (Å²) >= 11 is 3.55. The number of hydrogen-bond acceptors (Lipinski definition) is 3. The van der Waals surface area contributed by atoms with Gasteiger partial charge in [-0.15, -0.1) is 0 Å². The summed E-state index contributed by atoms with van der Waals surface area (Å²) in [6, 6.07) is 10.6. The zero-order valence-electron chi connectivity index (χ0n) is 19.4. The average Bonchev–Trinajstić information content (AvgIpc) is 2.76. The van der Waals surface area contributed by atoms with Gasteiger partial charge in [0.1, 0.15) is 11.6 Å². The summed E-state index contributed by atoms with van der Waals surface area (Å²) in [6.45, 7) is 9.95. The van der Waals surface area contributed by atoms with Crippen molar-refractivity contribution in [3.8, 4) is 5.75 Å². The number of carboxylic acids is 1. The van der Waals surface area contributed by atoms with Crippen LogP contribution in [0.3, 0.4) is 0 Å². The monoisotopic (exact) mass is 518 g/mol. The van der Waals surface area contributed by atoms with Crippen LogP contribution in [-0.4, -0.2) is 23.8 Å². The van der Waals surface area contributed by atoms with Crippen LogP contribution in [0.2, 0.25) is 0 Å². The van der Waals surface area contributed by atoms with Gasteiger partial charge in [-0.05, 0) is 78.0 Å². The van der Waals surface area contributed by atoms with Gasteiger partial charge in [0.2, 0.25) is 0 Å². The molecular formula is C27H32BrFO4.